The van der Waals surface area contributed by atoms with Crippen LogP contribution in [0.4, 0.5) is 0 Å². The highest BCUT2D eigenvalue weighted by atomic mass is 16.2. The first-order chi connectivity index (χ1) is 17.8. The first kappa shape index (κ1) is 24.9. The van der Waals surface area contributed by atoms with E-state index in [2.05, 4.69) is 6.58 Å². The Labute approximate surface area is 214 Å². The van der Waals surface area contributed by atoms with Crippen molar-refractivity contribution in [2.45, 2.75) is 26.7 Å². The van der Waals surface area contributed by atoms with E-state index in [4.69, 9.17) is 0 Å². The van der Waals surface area contributed by atoms with Crippen LogP contribution < -0.4 is 0 Å². The van der Waals surface area contributed by atoms with Gasteiger partial charge in [-0.05, 0) is 49.2 Å². The van der Waals surface area contributed by atoms with Crippen molar-refractivity contribution in [1.82, 2.24) is 0 Å². The zero-order chi connectivity index (χ0) is 27.8. The van der Waals surface area contributed by atoms with Crippen LogP contribution in [0.25, 0.3) is 5.57 Å². The molecule has 0 saturated carbocycles. The molecule has 9 nitrogen and oxygen atoms in total. The van der Waals surface area contributed by atoms with Crippen LogP contribution in [0, 0.1) is 11.8 Å². The molecule has 0 heterocycles. The third kappa shape index (κ3) is 3.42. The second kappa shape index (κ2) is 8.37. The predicted molar refractivity (Wildman–Crippen MR) is 130 cm³/mol. The first-order valence-electron chi connectivity index (χ1n) is 11.6. The summed E-state index contributed by atoms with van der Waals surface area (Å²) in [5.41, 5.74) is 2.30. The molecule has 6 rings (SSSR count). The van der Waals surface area contributed by atoms with Gasteiger partial charge in [-0.2, -0.15) is 0 Å². The maximum atomic E-state index is 12.3. The second-order valence-electron chi connectivity index (χ2n) is 9.64. The zero-order valence-corrected chi connectivity index (χ0v) is 20.3. The number of fused-ring (bicyclic) bond motifs is 4. The Balaban J connectivity index is 0.000000162. The minimum Gasteiger partial charge on any atom is -0.299 e. The van der Waals surface area contributed by atoms with Crippen molar-refractivity contribution >= 4 is 57.6 Å². The second-order valence-corrected chi connectivity index (χ2v) is 9.64. The summed E-state index contributed by atoms with van der Waals surface area (Å²) >= 11 is 0. The summed E-state index contributed by atoms with van der Waals surface area (Å²) in [5, 5.41) is 0. The molecule has 2 aromatic carbocycles. The van der Waals surface area contributed by atoms with Crippen molar-refractivity contribution < 1.29 is 43.2 Å². The molecule has 38 heavy (non-hydrogen) atoms. The molecule has 2 aromatic rings. The number of carbonyl (C=O) groups is 9. The number of Topliss-reactive ketones (excluding diaryl/α,β-unsaturated/α-hetero) is 9. The van der Waals surface area contributed by atoms with E-state index >= 15 is 0 Å². The summed E-state index contributed by atoms with van der Waals surface area (Å²) < 4.78 is 0. The minimum absolute atomic E-state index is 0.0781. The average Bonchev–Trinajstić information content (AvgIpc) is 3.47. The molecule has 4 aliphatic carbocycles. The lowest BCUT2D eigenvalue weighted by Crippen LogP contribution is -2.23. The summed E-state index contributed by atoms with van der Waals surface area (Å²) in [4.78, 5) is 106. The molecule has 4 aliphatic rings. The van der Waals surface area contributed by atoms with E-state index in [1.54, 1.807) is 0 Å². The number of ketones is 9. The van der Waals surface area contributed by atoms with E-state index in [9.17, 15) is 43.2 Å². The third-order valence-electron chi connectivity index (χ3n) is 7.25. The number of allylic oxidation sites excluding steroid dienone is 1. The number of benzene rings is 2. The van der Waals surface area contributed by atoms with Gasteiger partial charge in [0.1, 0.15) is 23.4 Å². The molecule has 2 unspecified atom stereocenters. The molecule has 0 spiro atoms. The molecule has 188 valence electrons. The predicted octanol–water partition coefficient (Wildman–Crippen LogP) is 2.91. The van der Waals surface area contributed by atoms with Crippen molar-refractivity contribution in [2.75, 3.05) is 0 Å². The topological polar surface area (TPSA) is 154 Å². The third-order valence-corrected chi connectivity index (χ3v) is 7.25. The standard InChI is InChI=1S/C17H12O5.C12H6O4/c1-6-9-4-11-12(17(22)14(8(3)19)16(11)21)5-10(9)15(20)13(6)7(2)18;13-9-3-11(15)7-2-8-6(1-5(7)9)10(14)4-12(8)16/h4-5,13-14H,1H2,2-3H3;1-2H,3-4H2. The van der Waals surface area contributed by atoms with Crippen LogP contribution in [0.3, 0.4) is 0 Å². The van der Waals surface area contributed by atoms with Gasteiger partial charge in [0.15, 0.2) is 40.5 Å². The molecule has 0 N–H and O–H groups in total. The summed E-state index contributed by atoms with van der Waals surface area (Å²) in [5.74, 6) is -5.74. The molecular weight excluding hydrogens is 492 g/mol. The van der Waals surface area contributed by atoms with Crippen molar-refractivity contribution in [1.29, 1.82) is 0 Å². The number of rotatable bonds is 2. The van der Waals surface area contributed by atoms with Crippen LogP contribution in [-0.2, 0) is 9.59 Å². The Bertz CT molecular complexity index is 1450. The van der Waals surface area contributed by atoms with Gasteiger partial charge in [0.25, 0.3) is 0 Å². The summed E-state index contributed by atoms with van der Waals surface area (Å²) in [6, 6.07) is 5.53. The Morgan fingerprint density at radius 3 is 1.18 bits per heavy atom. The molecule has 0 aromatic heterocycles. The van der Waals surface area contributed by atoms with Crippen molar-refractivity contribution in [3.63, 3.8) is 0 Å². The maximum absolute atomic E-state index is 12.3. The van der Waals surface area contributed by atoms with Crippen molar-refractivity contribution in [2.24, 2.45) is 11.8 Å². The fourth-order valence-corrected chi connectivity index (χ4v) is 5.37. The molecular formula is C29H18O9. The lowest BCUT2D eigenvalue weighted by Gasteiger charge is -2.04. The molecule has 9 heteroatoms. The van der Waals surface area contributed by atoms with Crippen LogP contribution in [0.1, 0.15) is 105 Å². The Hall–Kier alpha value is -4.79. The summed E-state index contributed by atoms with van der Waals surface area (Å²) in [7, 11) is 0. The Morgan fingerprint density at radius 1 is 0.526 bits per heavy atom. The monoisotopic (exact) mass is 510 g/mol. The minimum atomic E-state index is -1.32. The largest absolute Gasteiger partial charge is 0.299 e. The van der Waals surface area contributed by atoms with Gasteiger partial charge in [0.05, 0.1) is 12.8 Å². The molecule has 2 atom stereocenters. The van der Waals surface area contributed by atoms with Gasteiger partial charge in [0.2, 0.25) is 0 Å². The van der Waals surface area contributed by atoms with Gasteiger partial charge in [-0.25, -0.2) is 0 Å². The van der Waals surface area contributed by atoms with Gasteiger partial charge in [-0.15, -0.1) is 0 Å². The Morgan fingerprint density at radius 2 is 0.816 bits per heavy atom. The van der Waals surface area contributed by atoms with Crippen LogP contribution >= 0.6 is 0 Å². The van der Waals surface area contributed by atoms with E-state index in [1.165, 1.54) is 38.1 Å². The average molecular weight is 510 g/mol. The summed E-state index contributed by atoms with van der Waals surface area (Å²) in [6.07, 6.45) is -0.304. The van der Waals surface area contributed by atoms with Crippen LogP contribution in [0.2, 0.25) is 0 Å². The maximum Gasteiger partial charge on any atom is 0.181 e. The number of hydrogen-bond acceptors (Lipinski definition) is 9. The van der Waals surface area contributed by atoms with Gasteiger partial charge in [-0.3, -0.25) is 43.2 Å². The highest BCUT2D eigenvalue weighted by Crippen LogP contribution is 2.40. The fourth-order valence-electron chi connectivity index (χ4n) is 5.37. The molecule has 0 fully saturated rings. The van der Waals surface area contributed by atoms with Gasteiger partial charge in [0, 0.05) is 38.9 Å². The zero-order valence-electron chi connectivity index (χ0n) is 20.3. The van der Waals surface area contributed by atoms with Crippen LogP contribution in [0.5, 0.6) is 0 Å². The molecule has 0 amide bonds. The van der Waals surface area contributed by atoms with E-state index in [0.717, 1.165) is 0 Å². The molecule has 0 bridgehead atoms. The highest BCUT2D eigenvalue weighted by Gasteiger charge is 2.45. The first-order valence-corrected chi connectivity index (χ1v) is 11.6. The lowest BCUT2D eigenvalue weighted by molar-refractivity contribution is -0.119. The van der Waals surface area contributed by atoms with E-state index in [1.807, 2.05) is 0 Å². The number of carbonyl (C=O) groups excluding carboxylic acids is 9. The van der Waals surface area contributed by atoms with E-state index < -0.39 is 35.0 Å². The van der Waals surface area contributed by atoms with Gasteiger partial charge in [-0.1, -0.05) is 6.58 Å². The van der Waals surface area contributed by atoms with Gasteiger partial charge < -0.3 is 0 Å². The van der Waals surface area contributed by atoms with Crippen LogP contribution in [0.15, 0.2) is 30.8 Å². The fraction of sp³-hybridized carbons (Fsp3) is 0.207. The van der Waals surface area contributed by atoms with Gasteiger partial charge >= 0.3 is 0 Å². The van der Waals surface area contributed by atoms with E-state index in [-0.39, 0.29) is 80.7 Å². The lowest BCUT2D eigenvalue weighted by atomic mass is 9.96. The van der Waals surface area contributed by atoms with Crippen molar-refractivity contribution in [3.05, 3.63) is 75.4 Å². The smallest absolute Gasteiger partial charge is 0.181 e. The molecule has 0 aliphatic heterocycles. The van der Waals surface area contributed by atoms with Crippen molar-refractivity contribution in [3.8, 4) is 0 Å². The van der Waals surface area contributed by atoms with Crippen LogP contribution in [-0.4, -0.2) is 52.0 Å². The normalized spacial score (nSPS) is 20.8. The molecule has 0 radical (unpaired) electrons. The highest BCUT2D eigenvalue weighted by molar-refractivity contribution is 6.36. The number of hydrogen-bond donors (Lipinski definition) is 0. The van der Waals surface area contributed by atoms with E-state index in [0.29, 0.717) is 11.1 Å². The molecule has 0 saturated heterocycles. The quantitative estimate of drug-likeness (QED) is 0.555. The summed E-state index contributed by atoms with van der Waals surface area (Å²) in [6.45, 7) is 6.26. The Kier molecular flexibility index (Phi) is 5.48. The SMILES string of the molecule is C=C1c2cc3c(cc2C(=O)C1C(C)=O)C(=O)C(C(C)=O)C3=O.O=C1CC(=O)c2cc3c(cc21)C(=O)CC3=O.